The number of aliphatic hydroxyl groups excluding tert-OH is 3. The summed E-state index contributed by atoms with van der Waals surface area (Å²) in [6.45, 7) is 1.78. The minimum atomic E-state index is -5.50. The molecule has 1 aromatic rings. The van der Waals surface area contributed by atoms with Gasteiger partial charge in [-0.15, -0.1) is 0 Å². The molecule has 1 aromatic heterocycles. The number of aliphatic hydroxyl groups is 3. The number of anilines is 1. The first-order valence-electron chi connectivity index (χ1n) is 27.5. The molecular formula is C57H89N3O16P2. The molecule has 2 rings (SSSR count). The first kappa shape index (κ1) is 69.5. The number of nitrogens with zero attached hydrogens (tertiary/aromatic N) is 2. The lowest BCUT2D eigenvalue weighted by Gasteiger charge is -2.21. The zero-order valence-electron chi connectivity index (χ0n) is 45.8. The summed E-state index contributed by atoms with van der Waals surface area (Å²) in [5.74, 6) is -1.62. The van der Waals surface area contributed by atoms with Crippen molar-refractivity contribution in [1.29, 1.82) is 0 Å². The van der Waals surface area contributed by atoms with Crippen molar-refractivity contribution in [3.63, 3.8) is 0 Å². The highest BCUT2D eigenvalue weighted by atomic mass is 31.3. The number of allylic oxidation sites excluding steroid dienone is 17. The van der Waals surface area contributed by atoms with Crippen molar-refractivity contribution in [1.82, 2.24) is 9.55 Å². The van der Waals surface area contributed by atoms with Crippen LogP contribution in [0.25, 0.3) is 0 Å². The Morgan fingerprint density at radius 3 is 1.82 bits per heavy atom. The molecule has 0 radical (unpaired) electrons. The molecule has 78 heavy (non-hydrogen) atoms. The Hall–Kier alpha value is -4.62. The largest absolute Gasteiger partial charge is 0.481 e. The number of phosphoric ester groups is 2. The molecule has 0 amide bonds. The molecular weight excluding hydrogens is 1040 g/mol. The lowest BCUT2D eigenvalue weighted by atomic mass is 10.1. The zero-order valence-corrected chi connectivity index (χ0v) is 47.6. The van der Waals surface area contributed by atoms with Gasteiger partial charge in [-0.3, -0.25) is 23.2 Å². The van der Waals surface area contributed by atoms with E-state index in [1.165, 1.54) is 37.8 Å². The highest BCUT2D eigenvalue weighted by Crippen LogP contribution is 2.60. The third kappa shape index (κ3) is 35.1. The van der Waals surface area contributed by atoms with Crippen LogP contribution in [0.5, 0.6) is 0 Å². The number of rotatable bonds is 44. The fraction of sp³-hybridized carbons (Fsp3) is 0.579. The Bertz CT molecular complexity index is 2260. The molecule has 0 saturated carbocycles. The molecule has 7 N–H and O–H groups in total. The third-order valence-electron chi connectivity index (χ3n) is 11.7. The number of aromatic nitrogens is 2. The average Bonchev–Trinajstić information content (AvgIpc) is 3.71. The van der Waals surface area contributed by atoms with E-state index in [4.69, 9.17) is 29.0 Å². The van der Waals surface area contributed by atoms with Crippen LogP contribution in [0.15, 0.2) is 126 Å². The van der Waals surface area contributed by atoms with Crippen LogP contribution >= 0.6 is 15.6 Å². The van der Waals surface area contributed by atoms with Crippen molar-refractivity contribution in [2.45, 2.75) is 192 Å². The molecule has 1 aliphatic heterocycles. The van der Waals surface area contributed by atoms with Crippen molar-refractivity contribution >= 4 is 33.4 Å². The standard InChI is InChI=1S/C57H89N3O16P2/c1-3-5-7-9-11-13-15-17-19-21-22-23-24-26-28-30-32-34-36-38-40-52(62)71-45-49(74-53(63)42-41-48(61)39-37-35-33-31-29-27-25-20-18-16-14-12-10-8-6-4-2)46-72-77(67,68)76-78(69,70)73-47-50-54(64)55(65)56(75-50)60-44-43-51(58)59-57(60)66/h6,8,12-15,18-21,23-24,27,29,33,35,37,39,43-44,48-50,54-56,61,64-65H,3-5,7,9-11,16-17,22,25-26,28,30-32,34,36,38,40-42,45-47H2,1-2H3,(H,67,68)(H,69,70)(H2,58,59,66)/b8-6-,14-12-,15-13-,20-18-,21-19-,24-23-,29-27-,35-33-,39-37-/t48?,49-,50-,54-,55-,56-/m1/s1. The molecule has 3 unspecified atom stereocenters. The number of ether oxygens (including phenoxy) is 3. The van der Waals surface area contributed by atoms with Crippen molar-refractivity contribution < 1.29 is 71.4 Å². The summed E-state index contributed by atoms with van der Waals surface area (Å²) < 4.78 is 56.7. The van der Waals surface area contributed by atoms with Gasteiger partial charge in [-0.25, -0.2) is 13.9 Å². The lowest BCUT2D eigenvalue weighted by molar-refractivity contribution is -0.161. The van der Waals surface area contributed by atoms with Gasteiger partial charge in [0.2, 0.25) is 0 Å². The van der Waals surface area contributed by atoms with Crippen LogP contribution in [0, 0.1) is 0 Å². The summed E-state index contributed by atoms with van der Waals surface area (Å²) in [6, 6.07) is 1.23. The maximum Gasteiger partial charge on any atom is 0.481 e. The van der Waals surface area contributed by atoms with Crippen LogP contribution < -0.4 is 11.4 Å². The fourth-order valence-corrected chi connectivity index (χ4v) is 9.54. The molecule has 2 heterocycles. The molecule has 0 aromatic carbocycles. The van der Waals surface area contributed by atoms with Gasteiger partial charge in [0.1, 0.15) is 30.7 Å². The molecule has 0 spiro atoms. The van der Waals surface area contributed by atoms with Crippen molar-refractivity contribution in [3.8, 4) is 0 Å². The number of nitrogens with two attached hydrogens (primary N) is 1. The van der Waals surface area contributed by atoms with Crippen LogP contribution in [0.1, 0.15) is 161 Å². The van der Waals surface area contributed by atoms with E-state index in [1.807, 2.05) is 12.2 Å². The van der Waals surface area contributed by atoms with E-state index in [9.17, 15) is 48.6 Å². The number of phosphoric acid groups is 2. The second-order valence-electron chi connectivity index (χ2n) is 18.5. The van der Waals surface area contributed by atoms with Gasteiger partial charge >= 0.3 is 33.3 Å². The third-order valence-corrected chi connectivity index (χ3v) is 14.3. The number of carbonyl (C=O) groups is 2. The van der Waals surface area contributed by atoms with Crippen LogP contribution in [0.4, 0.5) is 5.82 Å². The number of hydrogen-bond donors (Lipinski definition) is 6. The van der Waals surface area contributed by atoms with Gasteiger partial charge in [-0.2, -0.15) is 9.29 Å². The summed E-state index contributed by atoms with van der Waals surface area (Å²) in [4.78, 5) is 62.1. The number of carbonyl (C=O) groups excluding carboxylic acids is 2. The Labute approximate surface area is 462 Å². The SMILES string of the molecule is CC/C=C\C/C=C\C/C=C\C/C=C\C/C=C\C=C/C(O)CCC(=O)O[C@H](COC(=O)CCCCCCCC/C=C\C/C=C\C/C=C\CCCCCC)COP(=O)(O)OP(=O)(O)OC[C@H]1O[C@@H](n2ccc(N)nc2=O)[C@H](O)[C@@H]1O. The molecule has 19 nitrogen and oxygen atoms in total. The summed E-state index contributed by atoms with van der Waals surface area (Å²) in [6.07, 6.45) is 47.6. The quantitative estimate of drug-likeness (QED) is 0.0116. The Morgan fingerprint density at radius 2 is 1.23 bits per heavy atom. The normalized spacial score (nSPS) is 19.8. The molecule has 0 aliphatic carbocycles. The van der Waals surface area contributed by atoms with E-state index in [-0.39, 0.29) is 25.1 Å². The number of unbranched alkanes of at least 4 members (excludes halogenated alkanes) is 10. The molecule has 21 heteroatoms. The Kier molecular flexibility index (Phi) is 38.5. The number of esters is 2. The molecule has 1 fully saturated rings. The Morgan fingerprint density at radius 1 is 0.692 bits per heavy atom. The summed E-state index contributed by atoms with van der Waals surface area (Å²) >= 11 is 0. The predicted molar refractivity (Wildman–Crippen MR) is 304 cm³/mol. The second kappa shape index (κ2) is 43.2. The predicted octanol–water partition coefficient (Wildman–Crippen LogP) is 11.1. The van der Waals surface area contributed by atoms with Crippen LogP contribution in [0.3, 0.4) is 0 Å². The molecule has 1 aliphatic rings. The summed E-state index contributed by atoms with van der Waals surface area (Å²) in [7, 11) is -11.0. The van der Waals surface area contributed by atoms with E-state index < -0.39 is 89.8 Å². The number of hydrogen-bond acceptors (Lipinski definition) is 16. The van der Waals surface area contributed by atoms with E-state index in [2.05, 4.69) is 102 Å². The fourth-order valence-electron chi connectivity index (χ4n) is 7.43. The van der Waals surface area contributed by atoms with Crippen LogP contribution in [-0.2, 0) is 46.3 Å². The van der Waals surface area contributed by atoms with Crippen molar-refractivity contribution in [2.75, 3.05) is 25.6 Å². The van der Waals surface area contributed by atoms with Gasteiger partial charge in [0.05, 0.1) is 19.3 Å². The zero-order chi connectivity index (χ0) is 57.1. The van der Waals surface area contributed by atoms with Gasteiger partial charge in [-0.05, 0) is 89.5 Å². The van der Waals surface area contributed by atoms with Gasteiger partial charge in [0, 0.05) is 19.0 Å². The monoisotopic (exact) mass is 1130 g/mol. The van der Waals surface area contributed by atoms with Crippen LogP contribution in [0.2, 0.25) is 0 Å². The molecule has 0 bridgehead atoms. The maximum atomic E-state index is 12.9. The van der Waals surface area contributed by atoms with Gasteiger partial charge < -0.3 is 45.1 Å². The molecule has 438 valence electrons. The van der Waals surface area contributed by atoms with Gasteiger partial charge in [0.15, 0.2) is 12.3 Å². The average molecular weight is 1130 g/mol. The minimum absolute atomic E-state index is 0.0559. The van der Waals surface area contributed by atoms with E-state index in [0.29, 0.717) is 12.8 Å². The topological polar surface area (TPSA) is 286 Å². The first-order valence-corrected chi connectivity index (χ1v) is 30.5. The van der Waals surface area contributed by atoms with E-state index >= 15 is 0 Å². The van der Waals surface area contributed by atoms with Crippen molar-refractivity contribution in [3.05, 3.63) is 132 Å². The minimum Gasteiger partial charge on any atom is -0.462 e. The summed E-state index contributed by atoms with van der Waals surface area (Å²) in [5, 5.41) is 31.4. The van der Waals surface area contributed by atoms with Gasteiger partial charge in [-0.1, -0.05) is 168 Å². The highest BCUT2D eigenvalue weighted by Gasteiger charge is 2.46. The molecule has 1 saturated heterocycles. The van der Waals surface area contributed by atoms with Crippen molar-refractivity contribution in [2.24, 2.45) is 0 Å². The van der Waals surface area contributed by atoms with E-state index in [0.717, 1.165) is 94.2 Å². The Balaban J connectivity index is 1.85. The molecule has 8 atom stereocenters. The highest BCUT2D eigenvalue weighted by molar-refractivity contribution is 7.61. The van der Waals surface area contributed by atoms with Gasteiger partial charge in [0.25, 0.3) is 0 Å². The van der Waals surface area contributed by atoms with E-state index in [1.54, 1.807) is 12.2 Å². The maximum absolute atomic E-state index is 12.9. The second-order valence-corrected chi connectivity index (χ2v) is 21.6. The summed E-state index contributed by atoms with van der Waals surface area (Å²) in [5.41, 5.74) is 4.57. The number of nitrogen functional groups attached to an aromatic ring is 1. The van der Waals surface area contributed by atoms with Crippen LogP contribution in [-0.4, -0.2) is 96.9 Å². The lowest BCUT2D eigenvalue weighted by Crippen LogP contribution is -2.36. The first-order chi connectivity index (χ1) is 37.6. The smallest absolute Gasteiger partial charge is 0.462 e.